The predicted octanol–water partition coefficient (Wildman–Crippen LogP) is 3.52. The van der Waals surface area contributed by atoms with E-state index in [1.165, 1.54) is 0 Å². The number of para-hydroxylation sites is 1. The van der Waals surface area contributed by atoms with Gasteiger partial charge in [-0.05, 0) is 56.3 Å². The molecule has 0 aromatic heterocycles. The number of hydrogen-bond acceptors (Lipinski definition) is 4. The van der Waals surface area contributed by atoms with E-state index in [1.54, 1.807) is 0 Å². The van der Waals surface area contributed by atoms with Crippen molar-refractivity contribution in [3.8, 4) is 5.75 Å². The first kappa shape index (κ1) is 25.2. The molecule has 1 atom stereocenters. The van der Waals surface area contributed by atoms with Crippen LogP contribution in [0.3, 0.4) is 0 Å². The Labute approximate surface area is 188 Å². The third-order valence-corrected chi connectivity index (χ3v) is 6.12. The fourth-order valence-electron chi connectivity index (χ4n) is 4.24. The highest BCUT2D eigenvalue weighted by atomic mass is 16.5. The molecule has 174 valence electrons. The molecule has 31 heavy (non-hydrogen) atoms. The Morgan fingerprint density at radius 1 is 1.23 bits per heavy atom. The van der Waals surface area contributed by atoms with E-state index in [9.17, 15) is 9.59 Å². The van der Waals surface area contributed by atoms with Gasteiger partial charge in [-0.3, -0.25) is 9.59 Å². The highest BCUT2D eigenvalue weighted by Crippen LogP contribution is 2.28. The van der Waals surface area contributed by atoms with Crippen LogP contribution in [0.15, 0.2) is 24.3 Å². The van der Waals surface area contributed by atoms with Gasteiger partial charge in [-0.2, -0.15) is 0 Å². The summed E-state index contributed by atoms with van der Waals surface area (Å²) in [4.78, 5) is 29.2. The van der Waals surface area contributed by atoms with Gasteiger partial charge in [-0.1, -0.05) is 45.9 Å². The van der Waals surface area contributed by atoms with Crippen molar-refractivity contribution in [2.45, 2.75) is 52.9 Å². The highest BCUT2D eigenvalue weighted by molar-refractivity contribution is 5.80. The Bertz CT molecular complexity index is 724. The summed E-state index contributed by atoms with van der Waals surface area (Å²) in [5, 5.41) is 3.12. The van der Waals surface area contributed by atoms with Crippen LogP contribution >= 0.6 is 0 Å². The second-order valence-corrected chi connectivity index (χ2v) is 9.91. The summed E-state index contributed by atoms with van der Waals surface area (Å²) in [7, 11) is 4.09. The van der Waals surface area contributed by atoms with Crippen molar-refractivity contribution in [1.82, 2.24) is 15.1 Å². The van der Waals surface area contributed by atoms with Crippen molar-refractivity contribution < 1.29 is 14.3 Å². The molecule has 6 heteroatoms. The minimum absolute atomic E-state index is 0.00932. The zero-order valence-electron chi connectivity index (χ0n) is 20.2. The standard InChI is InChI=1S/C25H41N3O3/c1-7-19(2)21-10-8-9-11-22(21)31-16-23(29)28-14-12-20(13-15-28)24(30)26-17-25(3,4)18-27(5)6/h8-11,19-20H,7,12-18H2,1-6H3,(H,26,30). The van der Waals surface area contributed by atoms with E-state index in [1.807, 2.05) is 37.2 Å². The fraction of sp³-hybridized carbons (Fsp3) is 0.680. The van der Waals surface area contributed by atoms with Crippen LogP contribution in [0.4, 0.5) is 0 Å². The predicted molar refractivity (Wildman–Crippen MR) is 125 cm³/mol. The number of nitrogens with one attached hydrogen (secondary N) is 1. The maximum atomic E-state index is 12.7. The number of amides is 2. The largest absolute Gasteiger partial charge is 0.483 e. The number of piperidine rings is 1. The van der Waals surface area contributed by atoms with Crippen molar-refractivity contribution in [2.24, 2.45) is 11.3 Å². The summed E-state index contributed by atoms with van der Waals surface area (Å²) in [5.41, 5.74) is 1.17. The van der Waals surface area contributed by atoms with Gasteiger partial charge in [0.15, 0.2) is 6.61 Å². The van der Waals surface area contributed by atoms with E-state index in [0.717, 1.165) is 24.3 Å². The maximum absolute atomic E-state index is 12.7. The molecule has 0 saturated carbocycles. The fourth-order valence-corrected chi connectivity index (χ4v) is 4.24. The SMILES string of the molecule is CCC(C)c1ccccc1OCC(=O)N1CCC(C(=O)NCC(C)(C)CN(C)C)CC1. The van der Waals surface area contributed by atoms with Crippen molar-refractivity contribution >= 4 is 11.8 Å². The molecular weight excluding hydrogens is 390 g/mol. The van der Waals surface area contributed by atoms with Gasteiger partial charge in [0, 0.05) is 32.1 Å². The van der Waals surface area contributed by atoms with Gasteiger partial charge < -0.3 is 19.9 Å². The van der Waals surface area contributed by atoms with Crippen molar-refractivity contribution in [1.29, 1.82) is 0 Å². The lowest BCUT2D eigenvalue weighted by Crippen LogP contribution is -2.46. The maximum Gasteiger partial charge on any atom is 0.260 e. The lowest BCUT2D eigenvalue weighted by Gasteiger charge is -2.33. The number of ether oxygens (including phenoxy) is 1. The van der Waals surface area contributed by atoms with Gasteiger partial charge in [0.1, 0.15) is 5.75 Å². The number of hydrogen-bond donors (Lipinski definition) is 1. The quantitative estimate of drug-likeness (QED) is 0.616. The van der Waals surface area contributed by atoms with E-state index in [0.29, 0.717) is 38.4 Å². The topological polar surface area (TPSA) is 61.9 Å². The molecule has 1 aromatic rings. The molecule has 0 spiro atoms. The molecule has 1 heterocycles. The molecule has 0 bridgehead atoms. The minimum atomic E-state index is -0.0220. The van der Waals surface area contributed by atoms with Crippen LogP contribution in [0.1, 0.15) is 58.4 Å². The Morgan fingerprint density at radius 2 is 1.87 bits per heavy atom. The molecule has 1 aromatic carbocycles. The first-order valence-electron chi connectivity index (χ1n) is 11.5. The van der Waals surface area contributed by atoms with Crippen LogP contribution in [-0.2, 0) is 9.59 Å². The monoisotopic (exact) mass is 431 g/mol. The van der Waals surface area contributed by atoms with Crippen LogP contribution in [0.5, 0.6) is 5.75 Å². The van der Waals surface area contributed by atoms with Gasteiger partial charge in [-0.25, -0.2) is 0 Å². The third kappa shape index (κ3) is 7.84. The summed E-state index contributed by atoms with van der Waals surface area (Å²) in [6.45, 7) is 11.5. The molecule has 1 fully saturated rings. The van der Waals surface area contributed by atoms with E-state index < -0.39 is 0 Å². The third-order valence-electron chi connectivity index (χ3n) is 6.12. The average Bonchev–Trinajstić information content (AvgIpc) is 2.74. The molecule has 1 saturated heterocycles. The van der Waals surface area contributed by atoms with Crippen molar-refractivity contribution in [2.75, 3.05) is 46.9 Å². The Kier molecular flexibility index (Phi) is 9.35. The van der Waals surface area contributed by atoms with Gasteiger partial charge in [-0.15, -0.1) is 0 Å². The molecule has 0 radical (unpaired) electrons. The molecule has 2 amide bonds. The van der Waals surface area contributed by atoms with Crippen LogP contribution in [-0.4, -0.2) is 68.5 Å². The zero-order chi connectivity index (χ0) is 23.0. The first-order valence-corrected chi connectivity index (χ1v) is 11.5. The first-order chi connectivity index (χ1) is 14.6. The Balaban J connectivity index is 1.78. The van der Waals surface area contributed by atoms with Crippen molar-refractivity contribution in [3.63, 3.8) is 0 Å². The molecule has 1 aliphatic heterocycles. The van der Waals surface area contributed by atoms with Crippen LogP contribution in [0.25, 0.3) is 0 Å². The van der Waals surface area contributed by atoms with E-state index in [-0.39, 0.29) is 29.8 Å². The molecule has 1 N–H and O–H groups in total. The number of rotatable bonds is 10. The number of nitrogens with zero attached hydrogens (tertiary/aromatic N) is 2. The van der Waals surface area contributed by atoms with Gasteiger partial charge in [0.05, 0.1) is 0 Å². The number of carbonyl (C=O) groups is 2. The number of benzene rings is 1. The lowest BCUT2D eigenvalue weighted by molar-refractivity contribution is -0.137. The normalized spacial score (nSPS) is 16.3. The van der Waals surface area contributed by atoms with E-state index in [4.69, 9.17) is 4.74 Å². The van der Waals surface area contributed by atoms with Gasteiger partial charge in [0.2, 0.25) is 5.91 Å². The van der Waals surface area contributed by atoms with Gasteiger partial charge in [0.25, 0.3) is 5.91 Å². The van der Waals surface area contributed by atoms with Crippen LogP contribution in [0, 0.1) is 11.3 Å². The summed E-state index contributed by atoms with van der Waals surface area (Å²) < 4.78 is 5.88. The van der Waals surface area contributed by atoms with E-state index in [2.05, 4.69) is 44.0 Å². The number of likely N-dealkylation sites (tertiary alicyclic amines) is 1. The highest BCUT2D eigenvalue weighted by Gasteiger charge is 2.29. The number of carbonyl (C=O) groups excluding carboxylic acids is 2. The lowest BCUT2D eigenvalue weighted by atomic mass is 9.91. The Hall–Kier alpha value is -2.08. The van der Waals surface area contributed by atoms with Crippen LogP contribution < -0.4 is 10.1 Å². The molecule has 0 aliphatic carbocycles. The summed E-state index contributed by atoms with van der Waals surface area (Å²) in [5.74, 6) is 1.26. The van der Waals surface area contributed by atoms with E-state index >= 15 is 0 Å². The second-order valence-electron chi connectivity index (χ2n) is 9.91. The molecule has 6 nitrogen and oxygen atoms in total. The molecular formula is C25H41N3O3. The summed E-state index contributed by atoms with van der Waals surface area (Å²) in [6, 6.07) is 7.95. The zero-order valence-corrected chi connectivity index (χ0v) is 20.2. The summed E-state index contributed by atoms with van der Waals surface area (Å²) in [6.07, 6.45) is 2.43. The van der Waals surface area contributed by atoms with Crippen molar-refractivity contribution in [3.05, 3.63) is 29.8 Å². The smallest absolute Gasteiger partial charge is 0.260 e. The minimum Gasteiger partial charge on any atom is -0.483 e. The summed E-state index contributed by atoms with van der Waals surface area (Å²) >= 11 is 0. The van der Waals surface area contributed by atoms with Gasteiger partial charge >= 0.3 is 0 Å². The second kappa shape index (κ2) is 11.5. The molecule has 1 unspecified atom stereocenters. The van der Waals surface area contributed by atoms with Crippen LogP contribution in [0.2, 0.25) is 0 Å². The Morgan fingerprint density at radius 3 is 2.48 bits per heavy atom. The average molecular weight is 432 g/mol. The molecule has 2 rings (SSSR count). The molecule has 1 aliphatic rings.